The third-order valence-corrected chi connectivity index (χ3v) is 4.87. The Morgan fingerprint density at radius 1 is 1.00 bits per heavy atom. The molecule has 7 heteroatoms. The van der Waals surface area contributed by atoms with E-state index in [1.807, 2.05) is 13.8 Å². The van der Waals surface area contributed by atoms with Crippen molar-refractivity contribution in [2.45, 2.75) is 13.8 Å². The van der Waals surface area contributed by atoms with E-state index in [4.69, 9.17) is 4.42 Å². The first-order valence-electron chi connectivity index (χ1n) is 9.79. The molecule has 1 heterocycles. The monoisotopic (exact) mass is 409 g/mol. The summed E-state index contributed by atoms with van der Waals surface area (Å²) in [7, 11) is 1.58. The summed E-state index contributed by atoms with van der Waals surface area (Å²) in [6.45, 7) is 4.94. The van der Waals surface area contributed by atoms with Crippen LogP contribution in [0.5, 0.6) is 0 Å². The second-order valence-electron chi connectivity index (χ2n) is 6.78. The topological polar surface area (TPSA) is 66.7 Å². The number of benzene rings is 2. The Morgan fingerprint density at radius 3 is 2.30 bits per heavy atom. The highest BCUT2D eigenvalue weighted by molar-refractivity contribution is 6.01. The standard InChI is InChI=1S/C23H24FN3O3/c1-4-27(5-2)21(28)15-26(3)23(29)17-11-7-6-10-16(17)22-25-14-20(30-22)18-12-8-9-13-19(18)24/h6-14H,4-5,15H2,1-3H3. The van der Waals surface area contributed by atoms with Gasteiger partial charge in [0, 0.05) is 25.7 Å². The van der Waals surface area contributed by atoms with Gasteiger partial charge in [-0.1, -0.05) is 24.3 Å². The van der Waals surface area contributed by atoms with Crippen LogP contribution in [0, 0.1) is 5.82 Å². The molecule has 0 aliphatic rings. The maximum Gasteiger partial charge on any atom is 0.254 e. The quantitative estimate of drug-likeness (QED) is 0.590. The third-order valence-electron chi connectivity index (χ3n) is 4.87. The SMILES string of the molecule is CCN(CC)C(=O)CN(C)C(=O)c1ccccc1-c1ncc(-c2ccccc2F)o1. The van der Waals surface area contributed by atoms with E-state index in [-0.39, 0.29) is 30.0 Å². The van der Waals surface area contributed by atoms with Crippen LogP contribution in [0.2, 0.25) is 0 Å². The van der Waals surface area contributed by atoms with Gasteiger partial charge in [0.05, 0.1) is 23.9 Å². The second-order valence-corrected chi connectivity index (χ2v) is 6.78. The third kappa shape index (κ3) is 4.40. The molecule has 0 radical (unpaired) electrons. The molecule has 1 aromatic heterocycles. The van der Waals surface area contributed by atoms with Gasteiger partial charge in [-0.05, 0) is 38.1 Å². The predicted octanol–water partition coefficient (Wildman–Crippen LogP) is 4.09. The summed E-state index contributed by atoms with van der Waals surface area (Å²) in [5.74, 6) is -0.377. The van der Waals surface area contributed by atoms with Gasteiger partial charge in [0.1, 0.15) is 5.82 Å². The zero-order valence-corrected chi connectivity index (χ0v) is 17.3. The lowest BCUT2D eigenvalue weighted by Gasteiger charge is -2.23. The minimum Gasteiger partial charge on any atom is -0.436 e. The molecule has 6 nitrogen and oxygen atoms in total. The van der Waals surface area contributed by atoms with Crippen LogP contribution in [0.1, 0.15) is 24.2 Å². The Morgan fingerprint density at radius 2 is 1.63 bits per heavy atom. The summed E-state index contributed by atoms with van der Waals surface area (Å²) >= 11 is 0. The first-order valence-corrected chi connectivity index (χ1v) is 9.79. The number of hydrogen-bond donors (Lipinski definition) is 0. The molecule has 0 aliphatic carbocycles. The number of aromatic nitrogens is 1. The fourth-order valence-electron chi connectivity index (χ4n) is 3.20. The lowest BCUT2D eigenvalue weighted by molar-refractivity contribution is -0.131. The molecule has 0 saturated heterocycles. The van der Waals surface area contributed by atoms with Crippen LogP contribution in [-0.4, -0.2) is 53.3 Å². The Labute approximate surface area is 174 Å². The number of hydrogen-bond acceptors (Lipinski definition) is 4. The second kappa shape index (κ2) is 9.35. The highest BCUT2D eigenvalue weighted by atomic mass is 19.1. The van der Waals surface area contributed by atoms with E-state index < -0.39 is 5.82 Å². The van der Waals surface area contributed by atoms with Crippen LogP contribution in [-0.2, 0) is 4.79 Å². The maximum atomic E-state index is 14.1. The molecular weight excluding hydrogens is 385 g/mol. The minimum atomic E-state index is -0.417. The van der Waals surface area contributed by atoms with Crippen molar-refractivity contribution in [2.24, 2.45) is 0 Å². The molecule has 156 valence electrons. The molecule has 0 saturated carbocycles. The van der Waals surface area contributed by atoms with Crippen LogP contribution in [0.15, 0.2) is 59.1 Å². The molecule has 0 unspecified atom stereocenters. The molecule has 3 aromatic rings. The van der Waals surface area contributed by atoms with Crippen molar-refractivity contribution in [3.05, 3.63) is 66.1 Å². The van der Waals surface area contributed by atoms with Crippen molar-refractivity contribution >= 4 is 11.8 Å². The smallest absolute Gasteiger partial charge is 0.254 e. The summed E-state index contributed by atoms with van der Waals surface area (Å²) < 4.78 is 19.8. The number of carbonyl (C=O) groups is 2. The number of amides is 2. The number of halogens is 1. The van der Waals surface area contributed by atoms with E-state index in [1.165, 1.54) is 17.2 Å². The van der Waals surface area contributed by atoms with Crippen molar-refractivity contribution < 1.29 is 18.4 Å². The van der Waals surface area contributed by atoms with Crippen molar-refractivity contribution in [1.29, 1.82) is 0 Å². The lowest BCUT2D eigenvalue weighted by Crippen LogP contribution is -2.41. The Kier molecular flexibility index (Phi) is 6.61. The zero-order chi connectivity index (χ0) is 21.7. The van der Waals surface area contributed by atoms with Gasteiger partial charge in [-0.2, -0.15) is 0 Å². The first-order chi connectivity index (χ1) is 14.5. The average Bonchev–Trinajstić information content (AvgIpc) is 3.24. The predicted molar refractivity (Wildman–Crippen MR) is 112 cm³/mol. The van der Waals surface area contributed by atoms with Crippen LogP contribution in [0.4, 0.5) is 4.39 Å². The molecule has 0 N–H and O–H groups in total. The van der Waals surface area contributed by atoms with Crippen LogP contribution in [0.3, 0.4) is 0 Å². The normalized spacial score (nSPS) is 10.7. The highest BCUT2D eigenvalue weighted by Gasteiger charge is 2.22. The Balaban J connectivity index is 1.87. The molecule has 3 rings (SSSR count). The summed E-state index contributed by atoms with van der Waals surface area (Å²) in [5, 5.41) is 0. The van der Waals surface area contributed by atoms with Crippen molar-refractivity contribution in [3.8, 4) is 22.8 Å². The molecule has 0 atom stereocenters. The average molecular weight is 409 g/mol. The number of likely N-dealkylation sites (N-methyl/N-ethyl adjacent to an activating group) is 2. The van der Waals surface area contributed by atoms with E-state index in [2.05, 4.69) is 4.98 Å². The van der Waals surface area contributed by atoms with Gasteiger partial charge >= 0.3 is 0 Å². The molecule has 0 fully saturated rings. The van der Waals surface area contributed by atoms with Crippen molar-refractivity contribution in [1.82, 2.24) is 14.8 Å². The summed E-state index contributed by atoms with van der Waals surface area (Å²) in [5.41, 5.74) is 1.13. The molecule has 30 heavy (non-hydrogen) atoms. The van der Waals surface area contributed by atoms with E-state index in [9.17, 15) is 14.0 Å². The minimum absolute atomic E-state index is 0.0269. The summed E-state index contributed by atoms with van der Waals surface area (Å²) in [4.78, 5) is 32.7. The van der Waals surface area contributed by atoms with Gasteiger partial charge in [-0.25, -0.2) is 9.37 Å². The summed E-state index contributed by atoms with van der Waals surface area (Å²) in [6, 6.07) is 13.1. The van der Waals surface area contributed by atoms with Gasteiger partial charge in [-0.3, -0.25) is 9.59 Å². The van der Waals surface area contributed by atoms with Crippen molar-refractivity contribution in [3.63, 3.8) is 0 Å². The van der Waals surface area contributed by atoms with Crippen LogP contribution >= 0.6 is 0 Å². The molecule has 0 spiro atoms. The number of carbonyl (C=O) groups excluding carboxylic acids is 2. The fraction of sp³-hybridized carbons (Fsp3) is 0.261. The fourth-order valence-corrected chi connectivity index (χ4v) is 3.20. The van der Waals surface area contributed by atoms with Gasteiger partial charge in [-0.15, -0.1) is 0 Å². The Bertz CT molecular complexity index is 1040. The number of nitrogens with zero attached hydrogens (tertiary/aromatic N) is 3. The Hall–Kier alpha value is -3.48. The molecular formula is C23H24FN3O3. The van der Waals surface area contributed by atoms with E-state index in [0.717, 1.165) is 0 Å². The largest absolute Gasteiger partial charge is 0.436 e. The van der Waals surface area contributed by atoms with Crippen molar-refractivity contribution in [2.75, 3.05) is 26.7 Å². The van der Waals surface area contributed by atoms with Gasteiger partial charge in [0.25, 0.3) is 5.91 Å². The summed E-state index contributed by atoms with van der Waals surface area (Å²) in [6.07, 6.45) is 1.43. The molecule has 0 bridgehead atoms. The molecule has 2 amide bonds. The zero-order valence-electron chi connectivity index (χ0n) is 17.3. The van der Waals surface area contributed by atoms with Crippen LogP contribution in [0.25, 0.3) is 22.8 Å². The highest BCUT2D eigenvalue weighted by Crippen LogP contribution is 2.29. The van der Waals surface area contributed by atoms with Gasteiger partial charge < -0.3 is 14.2 Å². The van der Waals surface area contributed by atoms with E-state index in [0.29, 0.717) is 29.8 Å². The number of rotatable bonds is 7. The first kappa shape index (κ1) is 21.2. The molecule has 0 aliphatic heterocycles. The van der Waals surface area contributed by atoms with E-state index in [1.54, 1.807) is 54.4 Å². The van der Waals surface area contributed by atoms with Crippen LogP contribution < -0.4 is 0 Å². The molecule has 2 aromatic carbocycles. The van der Waals surface area contributed by atoms with E-state index >= 15 is 0 Å². The number of oxazole rings is 1. The van der Waals surface area contributed by atoms with Gasteiger partial charge in [0.2, 0.25) is 11.8 Å². The lowest BCUT2D eigenvalue weighted by atomic mass is 10.1. The van der Waals surface area contributed by atoms with Gasteiger partial charge in [0.15, 0.2) is 5.76 Å². The maximum absolute atomic E-state index is 14.1.